The molecule has 1 N–H and O–H groups in total. The van der Waals surface area contributed by atoms with Gasteiger partial charge in [0.05, 0.1) is 44.3 Å². The molecule has 1 spiro atoms. The molecule has 2 aromatic heterocycles. The van der Waals surface area contributed by atoms with Crippen LogP contribution in [0.1, 0.15) is 32.6 Å². The molecule has 5 rings (SSSR count). The van der Waals surface area contributed by atoms with E-state index in [1.54, 1.807) is 12.7 Å². The Kier molecular flexibility index (Phi) is 5.15. The molecule has 0 saturated carbocycles. The van der Waals surface area contributed by atoms with E-state index in [9.17, 15) is 5.11 Å². The van der Waals surface area contributed by atoms with Crippen LogP contribution in [-0.2, 0) is 20.8 Å². The van der Waals surface area contributed by atoms with Crippen molar-refractivity contribution in [3.05, 3.63) is 12.7 Å². The Hall–Kier alpha value is -1.81. The molecule has 0 bridgehead atoms. The van der Waals surface area contributed by atoms with Gasteiger partial charge in [0.25, 0.3) is 0 Å². The van der Waals surface area contributed by atoms with Crippen LogP contribution in [-0.4, -0.2) is 81.4 Å². The molecule has 9 heteroatoms. The molecule has 3 aliphatic heterocycles. The normalized spacial score (nSPS) is 31.2. The lowest BCUT2D eigenvalue weighted by molar-refractivity contribution is -0.107. The second kappa shape index (κ2) is 7.79. The number of hydrogen-bond acceptors (Lipinski definition) is 8. The van der Waals surface area contributed by atoms with Crippen molar-refractivity contribution in [3.8, 4) is 0 Å². The molecule has 3 aliphatic rings. The molecule has 0 aromatic carbocycles. The first kappa shape index (κ1) is 19.2. The molecule has 0 amide bonds. The van der Waals surface area contributed by atoms with E-state index in [1.165, 1.54) is 0 Å². The topological polar surface area (TPSA) is 94.8 Å². The molecule has 3 saturated heterocycles. The standard InChI is InChI=1S/C20H29N5O4/c1-2-14-8-24(10-20(29-14)5-7-27-11-20)18-17-19(22-12-21-18)25(13-23-17)9-15(26)16-4-3-6-28-16/h12-16,26H,2-11H2,1H3. The minimum absolute atomic E-state index is 0.111. The molecule has 0 aliphatic carbocycles. The summed E-state index contributed by atoms with van der Waals surface area (Å²) in [6.07, 6.45) is 6.52. The molecule has 4 unspecified atom stereocenters. The number of anilines is 1. The predicted octanol–water partition coefficient (Wildman–Crippen LogP) is 1.14. The summed E-state index contributed by atoms with van der Waals surface area (Å²) in [6, 6.07) is 0. The second-order valence-corrected chi connectivity index (χ2v) is 8.40. The van der Waals surface area contributed by atoms with Crippen LogP contribution in [0.3, 0.4) is 0 Å². The summed E-state index contributed by atoms with van der Waals surface area (Å²) in [6.45, 7) is 6.15. The summed E-state index contributed by atoms with van der Waals surface area (Å²) >= 11 is 0. The molecule has 9 nitrogen and oxygen atoms in total. The maximum atomic E-state index is 10.5. The molecular weight excluding hydrogens is 374 g/mol. The highest BCUT2D eigenvalue weighted by Crippen LogP contribution is 2.34. The fourth-order valence-corrected chi connectivity index (χ4v) is 4.72. The van der Waals surface area contributed by atoms with Crippen molar-refractivity contribution in [1.29, 1.82) is 0 Å². The van der Waals surface area contributed by atoms with Gasteiger partial charge in [0.2, 0.25) is 0 Å². The first-order valence-electron chi connectivity index (χ1n) is 10.6. The first-order chi connectivity index (χ1) is 14.2. The van der Waals surface area contributed by atoms with Gasteiger partial charge >= 0.3 is 0 Å². The van der Waals surface area contributed by atoms with Gasteiger partial charge in [-0.05, 0) is 19.3 Å². The van der Waals surface area contributed by atoms with Crippen molar-refractivity contribution in [3.63, 3.8) is 0 Å². The fourth-order valence-electron chi connectivity index (χ4n) is 4.72. The fraction of sp³-hybridized carbons (Fsp3) is 0.750. The first-order valence-corrected chi connectivity index (χ1v) is 10.6. The monoisotopic (exact) mass is 403 g/mol. The third-order valence-corrected chi connectivity index (χ3v) is 6.30. The zero-order chi connectivity index (χ0) is 19.8. The van der Waals surface area contributed by atoms with Crippen LogP contribution >= 0.6 is 0 Å². The molecule has 2 aromatic rings. The quantitative estimate of drug-likeness (QED) is 0.794. The van der Waals surface area contributed by atoms with Crippen LogP contribution in [0.25, 0.3) is 11.2 Å². The van der Waals surface area contributed by atoms with Crippen molar-refractivity contribution in [2.45, 2.75) is 63.1 Å². The summed E-state index contributed by atoms with van der Waals surface area (Å²) in [4.78, 5) is 15.9. The number of aromatic nitrogens is 4. The van der Waals surface area contributed by atoms with Gasteiger partial charge in [-0.2, -0.15) is 0 Å². The van der Waals surface area contributed by atoms with Crippen LogP contribution < -0.4 is 4.90 Å². The molecule has 29 heavy (non-hydrogen) atoms. The Morgan fingerprint density at radius 3 is 3.00 bits per heavy atom. The SMILES string of the molecule is CCC1CN(c2ncnc3c2ncn3CC(O)C2CCCO2)CC2(CCOC2)O1. The summed E-state index contributed by atoms with van der Waals surface area (Å²) in [5, 5.41) is 10.5. The number of fused-ring (bicyclic) bond motifs is 1. The van der Waals surface area contributed by atoms with E-state index < -0.39 is 6.10 Å². The van der Waals surface area contributed by atoms with Gasteiger partial charge in [0.1, 0.15) is 11.9 Å². The number of ether oxygens (including phenoxy) is 3. The third-order valence-electron chi connectivity index (χ3n) is 6.30. The molecular formula is C20H29N5O4. The molecule has 158 valence electrons. The minimum Gasteiger partial charge on any atom is -0.389 e. The van der Waals surface area contributed by atoms with Crippen molar-refractivity contribution in [2.24, 2.45) is 0 Å². The third kappa shape index (κ3) is 3.61. The maximum absolute atomic E-state index is 10.5. The van der Waals surface area contributed by atoms with E-state index in [1.807, 2.05) is 4.57 Å². The summed E-state index contributed by atoms with van der Waals surface area (Å²) in [5.41, 5.74) is 1.23. The van der Waals surface area contributed by atoms with Gasteiger partial charge in [0.15, 0.2) is 17.0 Å². The van der Waals surface area contributed by atoms with E-state index in [0.29, 0.717) is 13.2 Å². The maximum Gasteiger partial charge on any atom is 0.165 e. The average molecular weight is 403 g/mol. The number of hydrogen-bond donors (Lipinski definition) is 1. The number of rotatable bonds is 5. The van der Waals surface area contributed by atoms with Crippen LogP contribution in [0.5, 0.6) is 0 Å². The van der Waals surface area contributed by atoms with Crippen LogP contribution in [0.2, 0.25) is 0 Å². The smallest absolute Gasteiger partial charge is 0.165 e. The van der Waals surface area contributed by atoms with Gasteiger partial charge in [-0.25, -0.2) is 15.0 Å². The van der Waals surface area contributed by atoms with Crippen molar-refractivity contribution >= 4 is 17.0 Å². The molecule has 3 fully saturated rings. The highest BCUT2D eigenvalue weighted by Gasteiger charge is 2.44. The highest BCUT2D eigenvalue weighted by atomic mass is 16.6. The van der Waals surface area contributed by atoms with Crippen LogP contribution in [0.15, 0.2) is 12.7 Å². The summed E-state index contributed by atoms with van der Waals surface area (Å²) in [7, 11) is 0. The number of morpholine rings is 1. The van der Waals surface area contributed by atoms with Gasteiger partial charge in [0, 0.05) is 26.2 Å². The lowest BCUT2D eigenvalue weighted by atomic mass is 9.98. The Balaban J connectivity index is 1.42. The van der Waals surface area contributed by atoms with E-state index in [0.717, 1.165) is 69.0 Å². The van der Waals surface area contributed by atoms with E-state index in [4.69, 9.17) is 14.2 Å². The zero-order valence-electron chi connectivity index (χ0n) is 16.9. The minimum atomic E-state index is -0.569. The Morgan fingerprint density at radius 1 is 1.31 bits per heavy atom. The average Bonchev–Trinajstić information content (AvgIpc) is 3.49. The lowest BCUT2D eigenvalue weighted by Gasteiger charge is -2.44. The Bertz CT molecular complexity index is 847. The van der Waals surface area contributed by atoms with Crippen molar-refractivity contribution in [1.82, 2.24) is 19.5 Å². The van der Waals surface area contributed by atoms with Gasteiger partial charge in [-0.1, -0.05) is 6.92 Å². The lowest BCUT2D eigenvalue weighted by Crippen LogP contribution is -2.56. The largest absolute Gasteiger partial charge is 0.389 e. The number of nitrogens with zero attached hydrogens (tertiary/aromatic N) is 5. The van der Waals surface area contributed by atoms with Gasteiger partial charge in [-0.3, -0.25) is 0 Å². The summed E-state index contributed by atoms with van der Waals surface area (Å²) in [5.74, 6) is 0.827. The van der Waals surface area contributed by atoms with Crippen LogP contribution in [0, 0.1) is 0 Å². The molecule has 5 heterocycles. The zero-order valence-corrected chi connectivity index (χ0v) is 16.9. The van der Waals surface area contributed by atoms with E-state index >= 15 is 0 Å². The number of aliphatic hydroxyl groups excluding tert-OH is 1. The van der Waals surface area contributed by atoms with Crippen LogP contribution in [0.4, 0.5) is 5.82 Å². The number of aliphatic hydroxyl groups is 1. The summed E-state index contributed by atoms with van der Waals surface area (Å²) < 4.78 is 19.6. The van der Waals surface area contributed by atoms with Crippen molar-refractivity contribution in [2.75, 3.05) is 37.8 Å². The van der Waals surface area contributed by atoms with E-state index in [2.05, 4.69) is 26.8 Å². The van der Waals surface area contributed by atoms with Gasteiger partial charge < -0.3 is 28.8 Å². The number of imidazole rings is 1. The predicted molar refractivity (Wildman–Crippen MR) is 106 cm³/mol. The van der Waals surface area contributed by atoms with Crippen molar-refractivity contribution < 1.29 is 19.3 Å². The van der Waals surface area contributed by atoms with E-state index in [-0.39, 0.29) is 17.8 Å². The Morgan fingerprint density at radius 2 is 2.24 bits per heavy atom. The second-order valence-electron chi connectivity index (χ2n) is 8.40. The highest BCUT2D eigenvalue weighted by molar-refractivity contribution is 5.83. The Labute approximate surface area is 170 Å². The van der Waals surface area contributed by atoms with Gasteiger partial charge in [-0.15, -0.1) is 0 Å². The molecule has 0 radical (unpaired) electrons. The molecule has 4 atom stereocenters.